The van der Waals surface area contributed by atoms with Gasteiger partial charge in [0.15, 0.2) is 0 Å². The van der Waals surface area contributed by atoms with E-state index in [0.29, 0.717) is 11.3 Å². The van der Waals surface area contributed by atoms with Crippen LogP contribution in [0.2, 0.25) is 0 Å². The van der Waals surface area contributed by atoms with E-state index in [0.717, 1.165) is 12.1 Å². The topological polar surface area (TPSA) is 38.3 Å². The number of halogens is 3. The fraction of sp³-hybridized carbons (Fsp3) is 0.364. The molecule has 0 aromatic heterocycles. The summed E-state index contributed by atoms with van der Waals surface area (Å²) in [6.07, 6.45) is -5.07. The van der Waals surface area contributed by atoms with Crippen molar-refractivity contribution < 1.29 is 22.7 Å². The first-order chi connectivity index (χ1) is 7.84. The highest BCUT2D eigenvalue weighted by Crippen LogP contribution is 2.31. The Hall–Kier alpha value is -1.72. The second-order valence-electron chi connectivity index (χ2n) is 3.37. The molecule has 1 amide bonds. The number of nitrogens with one attached hydrogen (secondary N) is 1. The number of hydrogen-bond acceptors (Lipinski definition) is 2. The summed E-state index contributed by atoms with van der Waals surface area (Å²) in [4.78, 5) is 11.1. The average molecular weight is 247 g/mol. The van der Waals surface area contributed by atoms with Gasteiger partial charge in [-0.25, -0.2) is 4.79 Å². The van der Waals surface area contributed by atoms with Gasteiger partial charge in [0.2, 0.25) is 0 Å². The lowest BCUT2D eigenvalue weighted by Crippen LogP contribution is -2.14. The molecule has 6 heteroatoms. The number of anilines is 1. The summed E-state index contributed by atoms with van der Waals surface area (Å²) in [7, 11) is 0. The van der Waals surface area contributed by atoms with Crippen LogP contribution in [0.5, 0.6) is 0 Å². The number of ether oxygens (including phenoxy) is 1. The lowest BCUT2D eigenvalue weighted by molar-refractivity contribution is -0.137. The van der Waals surface area contributed by atoms with Crippen molar-refractivity contribution in [2.75, 3.05) is 11.9 Å². The van der Waals surface area contributed by atoms with Gasteiger partial charge in [-0.2, -0.15) is 13.2 Å². The number of carbonyl (C=O) groups excluding carboxylic acids is 1. The van der Waals surface area contributed by atoms with E-state index in [1.165, 1.54) is 13.0 Å². The zero-order chi connectivity index (χ0) is 13.1. The van der Waals surface area contributed by atoms with Crippen LogP contribution in [0.1, 0.15) is 18.1 Å². The maximum atomic E-state index is 12.4. The van der Waals surface area contributed by atoms with Crippen LogP contribution in [0.25, 0.3) is 0 Å². The van der Waals surface area contributed by atoms with Crippen LogP contribution in [0.4, 0.5) is 23.7 Å². The molecule has 0 spiro atoms. The first kappa shape index (κ1) is 13.3. The molecular weight excluding hydrogens is 235 g/mol. The van der Waals surface area contributed by atoms with E-state index in [4.69, 9.17) is 0 Å². The second kappa shape index (κ2) is 5.07. The number of aryl methyl sites for hydroxylation is 1. The highest BCUT2D eigenvalue weighted by Gasteiger charge is 2.30. The molecule has 1 rings (SSSR count). The van der Waals surface area contributed by atoms with Crippen molar-refractivity contribution in [2.24, 2.45) is 0 Å². The predicted molar refractivity (Wildman–Crippen MR) is 56.8 cm³/mol. The average Bonchev–Trinajstić information content (AvgIpc) is 2.20. The van der Waals surface area contributed by atoms with Crippen LogP contribution in [0.15, 0.2) is 18.2 Å². The van der Waals surface area contributed by atoms with Gasteiger partial charge in [0, 0.05) is 5.69 Å². The van der Waals surface area contributed by atoms with Crippen molar-refractivity contribution in [3.05, 3.63) is 29.3 Å². The molecule has 17 heavy (non-hydrogen) atoms. The molecule has 0 bridgehead atoms. The molecule has 0 unspecified atom stereocenters. The summed E-state index contributed by atoms with van der Waals surface area (Å²) in [5.41, 5.74) is -0.117. The molecule has 0 heterocycles. The van der Waals surface area contributed by atoms with Gasteiger partial charge >= 0.3 is 12.3 Å². The van der Waals surface area contributed by atoms with Crippen LogP contribution in [0.3, 0.4) is 0 Å². The van der Waals surface area contributed by atoms with Crippen molar-refractivity contribution in [1.29, 1.82) is 0 Å². The summed E-state index contributed by atoms with van der Waals surface area (Å²) in [6, 6.07) is 3.09. The van der Waals surface area contributed by atoms with E-state index >= 15 is 0 Å². The first-order valence-electron chi connectivity index (χ1n) is 4.96. The normalized spacial score (nSPS) is 11.1. The molecule has 1 aromatic rings. The van der Waals surface area contributed by atoms with E-state index in [1.807, 2.05) is 0 Å². The van der Waals surface area contributed by atoms with Gasteiger partial charge in [0.1, 0.15) is 0 Å². The summed E-state index contributed by atoms with van der Waals surface area (Å²) >= 11 is 0. The Morgan fingerprint density at radius 2 is 2.06 bits per heavy atom. The van der Waals surface area contributed by atoms with E-state index in [-0.39, 0.29) is 6.61 Å². The number of hydrogen-bond donors (Lipinski definition) is 1. The Bertz CT molecular complexity index is 416. The minimum absolute atomic E-state index is 0.200. The highest BCUT2D eigenvalue weighted by atomic mass is 19.4. The molecule has 0 atom stereocenters. The number of alkyl halides is 3. The Morgan fingerprint density at radius 1 is 1.41 bits per heavy atom. The van der Waals surface area contributed by atoms with Gasteiger partial charge in [-0.1, -0.05) is 0 Å². The van der Waals surface area contributed by atoms with Crippen LogP contribution < -0.4 is 5.32 Å². The van der Waals surface area contributed by atoms with Gasteiger partial charge in [-0.3, -0.25) is 5.32 Å². The van der Waals surface area contributed by atoms with Crippen LogP contribution in [-0.2, 0) is 10.9 Å². The Morgan fingerprint density at radius 3 is 2.53 bits per heavy atom. The highest BCUT2D eigenvalue weighted by molar-refractivity contribution is 5.85. The van der Waals surface area contributed by atoms with Gasteiger partial charge < -0.3 is 4.74 Å². The van der Waals surface area contributed by atoms with Crippen molar-refractivity contribution in [3.63, 3.8) is 0 Å². The van der Waals surface area contributed by atoms with E-state index in [9.17, 15) is 18.0 Å². The smallest absolute Gasteiger partial charge is 0.416 e. The third-order valence-corrected chi connectivity index (χ3v) is 2.07. The molecule has 0 aliphatic carbocycles. The molecule has 0 aliphatic heterocycles. The monoisotopic (exact) mass is 247 g/mol. The van der Waals surface area contributed by atoms with Crippen LogP contribution in [0, 0.1) is 6.92 Å². The van der Waals surface area contributed by atoms with E-state index < -0.39 is 17.8 Å². The van der Waals surface area contributed by atoms with Gasteiger partial charge in [-0.05, 0) is 37.6 Å². The molecule has 1 N–H and O–H groups in total. The first-order valence-corrected chi connectivity index (χ1v) is 4.96. The molecule has 0 fully saturated rings. The predicted octanol–water partition coefficient (Wildman–Crippen LogP) is 3.58. The van der Waals surface area contributed by atoms with Crippen LogP contribution in [-0.4, -0.2) is 12.7 Å². The van der Waals surface area contributed by atoms with Crippen molar-refractivity contribution in [2.45, 2.75) is 20.0 Å². The standard InChI is InChI=1S/C11H12F3NO2/c1-3-17-10(16)15-9-5-4-8(6-7(9)2)11(12,13)14/h4-6H,3H2,1-2H3,(H,15,16). The SMILES string of the molecule is CCOC(=O)Nc1ccc(C(F)(F)F)cc1C. The minimum atomic E-state index is -4.38. The second-order valence-corrected chi connectivity index (χ2v) is 3.37. The number of carbonyl (C=O) groups is 1. The molecule has 0 radical (unpaired) electrons. The summed E-state index contributed by atoms with van der Waals surface area (Å²) in [6.45, 7) is 3.32. The Balaban J connectivity index is 2.87. The van der Waals surface area contributed by atoms with E-state index in [1.54, 1.807) is 6.92 Å². The summed E-state index contributed by atoms with van der Waals surface area (Å²) in [5.74, 6) is 0. The van der Waals surface area contributed by atoms with Crippen LogP contribution >= 0.6 is 0 Å². The fourth-order valence-corrected chi connectivity index (χ4v) is 1.26. The minimum Gasteiger partial charge on any atom is -0.450 e. The zero-order valence-corrected chi connectivity index (χ0v) is 9.39. The molecule has 3 nitrogen and oxygen atoms in total. The molecule has 0 aliphatic rings. The lowest BCUT2D eigenvalue weighted by Gasteiger charge is -2.11. The maximum Gasteiger partial charge on any atom is 0.416 e. The summed E-state index contributed by atoms with van der Waals surface area (Å²) in [5, 5.41) is 2.36. The number of amides is 1. The Kier molecular flexibility index (Phi) is 3.98. The van der Waals surface area contributed by atoms with Gasteiger partial charge in [0.05, 0.1) is 12.2 Å². The van der Waals surface area contributed by atoms with Gasteiger partial charge in [-0.15, -0.1) is 0 Å². The fourth-order valence-electron chi connectivity index (χ4n) is 1.26. The van der Waals surface area contributed by atoms with Crippen molar-refractivity contribution in [1.82, 2.24) is 0 Å². The van der Waals surface area contributed by atoms with Crippen molar-refractivity contribution in [3.8, 4) is 0 Å². The molecule has 0 saturated heterocycles. The molecule has 94 valence electrons. The lowest BCUT2D eigenvalue weighted by atomic mass is 10.1. The molecular formula is C11H12F3NO2. The van der Waals surface area contributed by atoms with E-state index in [2.05, 4.69) is 10.1 Å². The maximum absolute atomic E-state index is 12.4. The number of benzene rings is 1. The Labute approximate surface area is 96.6 Å². The van der Waals surface area contributed by atoms with Gasteiger partial charge in [0.25, 0.3) is 0 Å². The largest absolute Gasteiger partial charge is 0.450 e. The molecule has 1 aromatic carbocycles. The van der Waals surface area contributed by atoms with Crippen molar-refractivity contribution >= 4 is 11.8 Å². The zero-order valence-electron chi connectivity index (χ0n) is 9.39. The third kappa shape index (κ3) is 3.65. The number of rotatable bonds is 2. The summed E-state index contributed by atoms with van der Waals surface area (Å²) < 4.78 is 41.7. The molecule has 0 saturated carbocycles. The third-order valence-electron chi connectivity index (χ3n) is 2.07. The quantitative estimate of drug-likeness (QED) is 0.867.